The molecule has 4 nitrogen and oxygen atoms in total. The van der Waals surface area contributed by atoms with Gasteiger partial charge in [0.1, 0.15) is 5.75 Å². The van der Waals surface area contributed by atoms with Gasteiger partial charge in [-0.25, -0.2) is 4.79 Å². The number of carbonyl (C=O) groups excluding carboxylic acids is 1. The molecule has 0 saturated heterocycles. The van der Waals surface area contributed by atoms with E-state index >= 15 is 0 Å². The van der Waals surface area contributed by atoms with Crippen LogP contribution in [0.3, 0.4) is 0 Å². The van der Waals surface area contributed by atoms with Crippen molar-refractivity contribution >= 4 is 12.0 Å². The molecule has 0 bridgehead atoms. The first-order valence-electron chi connectivity index (χ1n) is 6.04. The minimum Gasteiger partial charge on any atom is -0.504 e. The molecule has 0 radical (unpaired) electrons. The van der Waals surface area contributed by atoms with E-state index < -0.39 is 5.97 Å². The van der Waals surface area contributed by atoms with Crippen molar-refractivity contribution in [2.75, 3.05) is 0 Å². The fourth-order valence-electron chi connectivity index (χ4n) is 1.62. The molecule has 102 valence electrons. The number of esters is 1. The third-order valence-electron chi connectivity index (χ3n) is 2.66. The van der Waals surface area contributed by atoms with Gasteiger partial charge in [0.15, 0.2) is 11.5 Å². The highest BCUT2D eigenvalue weighted by Crippen LogP contribution is 2.26. The summed E-state index contributed by atoms with van der Waals surface area (Å²) >= 11 is 0. The van der Waals surface area contributed by atoms with Crippen LogP contribution < -0.4 is 4.74 Å². The van der Waals surface area contributed by atoms with Crippen LogP contribution in [0.25, 0.3) is 6.08 Å². The molecule has 0 saturated carbocycles. The lowest BCUT2D eigenvalue weighted by atomic mass is 10.1. The molecular weight excluding hydrogens is 256 g/mol. The van der Waals surface area contributed by atoms with Gasteiger partial charge in [-0.2, -0.15) is 0 Å². The Morgan fingerprint density at radius 1 is 1.05 bits per heavy atom. The third-order valence-corrected chi connectivity index (χ3v) is 2.66. The highest BCUT2D eigenvalue weighted by atomic mass is 16.5. The summed E-state index contributed by atoms with van der Waals surface area (Å²) in [4.78, 5) is 11.9. The zero-order valence-corrected chi connectivity index (χ0v) is 10.9. The van der Waals surface area contributed by atoms with Crippen LogP contribution in [0.1, 0.15) is 12.5 Å². The van der Waals surface area contributed by atoms with Crippen LogP contribution in [0.5, 0.6) is 17.2 Å². The van der Waals surface area contributed by atoms with E-state index in [0.29, 0.717) is 16.9 Å². The van der Waals surface area contributed by atoms with Crippen molar-refractivity contribution < 1.29 is 19.7 Å². The first-order chi connectivity index (χ1) is 9.56. The van der Waals surface area contributed by atoms with Crippen LogP contribution in [0.4, 0.5) is 0 Å². The number of ether oxygens (including phenoxy) is 1. The van der Waals surface area contributed by atoms with Crippen molar-refractivity contribution in [3.63, 3.8) is 0 Å². The molecule has 0 aliphatic heterocycles. The summed E-state index contributed by atoms with van der Waals surface area (Å²) in [5.74, 6) is -0.433. The quantitative estimate of drug-likeness (QED) is 0.389. The van der Waals surface area contributed by atoms with Crippen LogP contribution in [0.15, 0.2) is 54.1 Å². The van der Waals surface area contributed by atoms with Crippen molar-refractivity contribution in [2.45, 2.75) is 6.92 Å². The summed E-state index contributed by atoms with van der Waals surface area (Å²) < 4.78 is 5.18. The molecule has 4 heteroatoms. The molecule has 0 amide bonds. The van der Waals surface area contributed by atoms with E-state index in [1.54, 1.807) is 43.3 Å². The van der Waals surface area contributed by atoms with Gasteiger partial charge in [-0.3, -0.25) is 0 Å². The number of para-hydroxylation sites is 1. The summed E-state index contributed by atoms with van der Waals surface area (Å²) in [5, 5.41) is 18.6. The molecule has 2 N–H and O–H groups in total. The molecule has 2 aromatic rings. The highest BCUT2D eigenvalue weighted by molar-refractivity contribution is 5.94. The second-order valence-corrected chi connectivity index (χ2v) is 4.28. The fraction of sp³-hybridized carbons (Fsp3) is 0.0625. The number of hydrogen-bond acceptors (Lipinski definition) is 4. The summed E-state index contributed by atoms with van der Waals surface area (Å²) in [7, 11) is 0. The Morgan fingerprint density at radius 2 is 1.75 bits per heavy atom. The molecule has 0 heterocycles. The number of carbonyl (C=O) groups is 1. The number of phenols is 2. The van der Waals surface area contributed by atoms with E-state index in [1.807, 2.05) is 6.07 Å². The summed E-state index contributed by atoms with van der Waals surface area (Å²) in [6.45, 7) is 1.62. The van der Waals surface area contributed by atoms with Gasteiger partial charge in [0.25, 0.3) is 0 Å². The Balaban J connectivity index is 2.13. The Hall–Kier alpha value is -2.75. The summed E-state index contributed by atoms with van der Waals surface area (Å²) in [6, 6.07) is 13.1. The van der Waals surface area contributed by atoms with E-state index in [4.69, 9.17) is 4.74 Å². The minimum absolute atomic E-state index is 0.202. The lowest BCUT2D eigenvalue weighted by Crippen LogP contribution is -2.08. The smallest absolute Gasteiger partial charge is 0.339 e. The molecule has 20 heavy (non-hydrogen) atoms. The van der Waals surface area contributed by atoms with Crippen molar-refractivity contribution in [1.82, 2.24) is 0 Å². The zero-order chi connectivity index (χ0) is 14.5. The molecule has 0 aliphatic carbocycles. The Labute approximate surface area is 116 Å². The van der Waals surface area contributed by atoms with E-state index in [9.17, 15) is 15.0 Å². The number of hydrogen-bond donors (Lipinski definition) is 2. The molecule has 0 atom stereocenters. The predicted molar refractivity (Wildman–Crippen MR) is 75.5 cm³/mol. The second-order valence-electron chi connectivity index (χ2n) is 4.28. The van der Waals surface area contributed by atoms with E-state index in [1.165, 1.54) is 12.1 Å². The lowest BCUT2D eigenvalue weighted by molar-refractivity contribution is -0.130. The van der Waals surface area contributed by atoms with Gasteiger partial charge in [-0.05, 0) is 42.8 Å². The first-order valence-corrected chi connectivity index (χ1v) is 6.04. The SMILES string of the molecule is C/C(=C\c1ccc(O)c(O)c1)C(=O)Oc1ccccc1. The Kier molecular flexibility index (Phi) is 4.05. The van der Waals surface area contributed by atoms with Crippen molar-refractivity contribution in [3.05, 3.63) is 59.7 Å². The summed E-state index contributed by atoms with van der Waals surface area (Å²) in [5.41, 5.74) is 0.988. The molecule has 2 aromatic carbocycles. The van der Waals surface area contributed by atoms with Crippen LogP contribution >= 0.6 is 0 Å². The summed E-state index contributed by atoms with van der Waals surface area (Å²) in [6.07, 6.45) is 1.57. The maximum atomic E-state index is 11.9. The van der Waals surface area contributed by atoms with Gasteiger partial charge < -0.3 is 14.9 Å². The molecule has 0 aliphatic rings. The predicted octanol–water partition coefficient (Wildman–Crippen LogP) is 3.11. The van der Waals surface area contributed by atoms with E-state index in [0.717, 1.165) is 0 Å². The maximum Gasteiger partial charge on any atom is 0.339 e. The van der Waals surface area contributed by atoms with Crippen molar-refractivity contribution in [2.24, 2.45) is 0 Å². The Morgan fingerprint density at radius 3 is 2.40 bits per heavy atom. The van der Waals surface area contributed by atoms with Crippen LogP contribution in [0.2, 0.25) is 0 Å². The lowest BCUT2D eigenvalue weighted by Gasteiger charge is -2.04. The van der Waals surface area contributed by atoms with Gasteiger partial charge in [0.05, 0.1) is 0 Å². The highest BCUT2D eigenvalue weighted by Gasteiger charge is 2.08. The maximum absolute atomic E-state index is 11.9. The van der Waals surface area contributed by atoms with Gasteiger partial charge in [0, 0.05) is 5.57 Å². The average Bonchev–Trinajstić information content (AvgIpc) is 2.44. The van der Waals surface area contributed by atoms with Gasteiger partial charge in [0.2, 0.25) is 0 Å². The molecule has 0 spiro atoms. The van der Waals surface area contributed by atoms with Gasteiger partial charge in [-0.15, -0.1) is 0 Å². The zero-order valence-electron chi connectivity index (χ0n) is 10.9. The first kappa shape index (κ1) is 13.7. The largest absolute Gasteiger partial charge is 0.504 e. The monoisotopic (exact) mass is 270 g/mol. The molecule has 2 rings (SSSR count). The minimum atomic E-state index is -0.469. The Bertz CT molecular complexity index is 645. The topological polar surface area (TPSA) is 66.8 Å². The molecule has 0 aromatic heterocycles. The number of phenolic OH excluding ortho intramolecular Hbond substituents is 2. The molecule has 0 unspecified atom stereocenters. The molecule has 0 fully saturated rings. The van der Waals surface area contributed by atoms with Crippen molar-refractivity contribution in [3.8, 4) is 17.2 Å². The van der Waals surface area contributed by atoms with Crippen LogP contribution in [-0.4, -0.2) is 16.2 Å². The van der Waals surface area contributed by atoms with E-state index in [-0.39, 0.29) is 11.5 Å². The number of benzene rings is 2. The van der Waals surface area contributed by atoms with Gasteiger partial charge in [-0.1, -0.05) is 24.3 Å². The van der Waals surface area contributed by atoms with Crippen LogP contribution in [0, 0.1) is 0 Å². The van der Waals surface area contributed by atoms with Crippen LogP contribution in [-0.2, 0) is 4.79 Å². The normalized spacial score (nSPS) is 11.2. The molecular formula is C16H14O4. The van der Waals surface area contributed by atoms with Crippen molar-refractivity contribution in [1.29, 1.82) is 0 Å². The second kappa shape index (κ2) is 5.93. The third kappa shape index (κ3) is 3.38. The number of rotatable bonds is 3. The standard InChI is InChI=1S/C16H14O4/c1-11(9-12-7-8-14(17)15(18)10-12)16(19)20-13-5-3-2-4-6-13/h2-10,17-18H,1H3/b11-9+. The average molecular weight is 270 g/mol. The van der Waals surface area contributed by atoms with Gasteiger partial charge >= 0.3 is 5.97 Å². The number of aromatic hydroxyl groups is 2. The fourth-order valence-corrected chi connectivity index (χ4v) is 1.62. The van der Waals surface area contributed by atoms with E-state index in [2.05, 4.69) is 0 Å².